The fourth-order valence-electron chi connectivity index (χ4n) is 4.63. The zero-order valence-corrected chi connectivity index (χ0v) is 22.0. The normalized spacial score (nSPS) is 14.5. The summed E-state index contributed by atoms with van der Waals surface area (Å²) in [4.78, 5) is 0. The lowest BCUT2D eigenvalue weighted by molar-refractivity contribution is -0.0182. The largest absolute Gasteiger partial charge is 0.393 e. The molecule has 0 aromatic carbocycles. The quantitative estimate of drug-likeness (QED) is 0.114. The first kappa shape index (κ1) is 31.9. The summed E-state index contributed by atoms with van der Waals surface area (Å²) in [5.74, 6) is 0. The lowest BCUT2D eigenvalue weighted by Gasteiger charge is -2.20. The topological polar surface area (TPSA) is 60.7 Å². The summed E-state index contributed by atoms with van der Waals surface area (Å²) in [6.07, 6.45) is 27.3. The van der Waals surface area contributed by atoms with Gasteiger partial charge in [-0.3, -0.25) is 0 Å². The predicted octanol–water partition coefficient (Wildman–Crippen LogP) is 8.47. The maximum Gasteiger partial charge on any atom is 0.0823 e. The van der Waals surface area contributed by atoms with Crippen molar-refractivity contribution in [2.75, 3.05) is 0 Å². The van der Waals surface area contributed by atoms with Gasteiger partial charge >= 0.3 is 0 Å². The first-order valence-electron chi connectivity index (χ1n) is 14.7. The van der Waals surface area contributed by atoms with Gasteiger partial charge in [0.15, 0.2) is 0 Å². The summed E-state index contributed by atoms with van der Waals surface area (Å²) in [6, 6.07) is 0. The lowest BCUT2D eigenvalue weighted by Crippen LogP contribution is -2.30. The van der Waals surface area contributed by atoms with E-state index in [1.165, 1.54) is 116 Å². The molecule has 0 aliphatic heterocycles. The minimum Gasteiger partial charge on any atom is -0.393 e. The van der Waals surface area contributed by atoms with Crippen LogP contribution in [-0.2, 0) is 0 Å². The van der Waals surface area contributed by atoms with Crippen LogP contribution in [0.4, 0.5) is 0 Å². The third-order valence-corrected chi connectivity index (χ3v) is 6.95. The number of aliphatic hydroxyl groups excluding tert-OH is 3. The van der Waals surface area contributed by atoms with Gasteiger partial charge in [0.05, 0.1) is 18.3 Å². The zero-order valence-electron chi connectivity index (χ0n) is 22.0. The van der Waals surface area contributed by atoms with Crippen LogP contribution < -0.4 is 0 Å². The predicted molar refractivity (Wildman–Crippen MR) is 140 cm³/mol. The molecule has 0 unspecified atom stereocenters. The van der Waals surface area contributed by atoms with Crippen molar-refractivity contribution < 1.29 is 15.3 Å². The van der Waals surface area contributed by atoms with Crippen LogP contribution in [0.15, 0.2) is 0 Å². The zero-order chi connectivity index (χ0) is 23.7. The Morgan fingerprint density at radius 1 is 0.375 bits per heavy atom. The minimum absolute atomic E-state index is 0.313. The fraction of sp³-hybridized carbons (Fsp3) is 1.00. The molecular formula is C29H60O3. The second-order valence-electron chi connectivity index (χ2n) is 10.3. The SMILES string of the molecule is CCCCCCCCCCCCCCCCCCC[C@H](O)C[C@H](O)[C@H](O)CCCCCC. The Morgan fingerprint density at radius 3 is 1.09 bits per heavy atom. The average molecular weight is 457 g/mol. The van der Waals surface area contributed by atoms with E-state index in [9.17, 15) is 15.3 Å². The Bertz CT molecular complexity index is 347. The highest BCUT2D eigenvalue weighted by molar-refractivity contribution is 4.71. The summed E-state index contributed by atoms with van der Waals surface area (Å²) in [6.45, 7) is 4.45. The van der Waals surface area contributed by atoms with Crippen molar-refractivity contribution in [3.05, 3.63) is 0 Å². The molecular weight excluding hydrogens is 396 g/mol. The highest BCUT2D eigenvalue weighted by atomic mass is 16.3. The highest BCUT2D eigenvalue weighted by Gasteiger charge is 2.19. The molecule has 0 rings (SSSR count). The van der Waals surface area contributed by atoms with Crippen molar-refractivity contribution in [2.24, 2.45) is 0 Å². The molecule has 0 aromatic rings. The number of rotatable bonds is 26. The molecule has 3 N–H and O–H groups in total. The molecule has 3 heteroatoms. The summed E-state index contributed by atoms with van der Waals surface area (Å²) in [7, 11) is 0. The Balaban J connectivity index is 3.32. The van der Waals surface area contributed by atoms with Crippen LogP contribution in [0, 0.1) is 0 Å². The van der Waals surface area contributed by atoms with E-state index in [0.717, 1.165) is 25.7 Å². The van der Waals surface area contributed by atoms with E-state index in [-0.39, 0.29) is 0 Å². The number of aliphatic hydroxyl groups is 3. The van der Waals surface area contributed by atoms with E-state index in [4.69, 9.17) is 0 Å². The number of unbranched alkanes of at least 4 members (excludes halogenated alkanes) is 19. The van der Waals surface area contributed by atoms with Crippen LogP contribution in [0.2, 0.25) is 0 Å². The molecule has 0 bridgehead atoms. The van der Waals surface area contributed by atoms with Gasteiger partial charge in [0.1, 0.15) is 0 Å². The van der Waals surface area contributed by atoms with Gasteiger partial charge in [0, 0.05) is 6.42 Å². The van der Waals surface area contributed by atoms with Gasteiger partial charge in [-0.15, -0.1) is 0 Å². The number of hydrogen-bond acceptors (Lipinski definition) is 3. The van der Waals surface area contributed by atoms with Crippen molar-refractivity contribution in [2.45, 2.75) is 186 Å². The summed E-state index contributed by atoms with van der Waals surface area (Å²) >= 11 is 0. The molecule has 194 valence electrons. The molecule has 0 aliphatic carbocycles. The molecule has 3 atom stereocenters. The van der Waals surface area contributed by atoms with Crippen molar-refractivity contribution in [1.82, 2.24) is 0 Å². The molecule has 0 saturated heterocycles. The van der Waals surface area contributed by atoms with Gasteiger partial charge < -0.3 is 15.3 Å². The molecule has 0 aromatic heterocycles. The van der Waals surface area contributed by atoms with Crippen LogP contribution in [0.25, 0.3) is 0 Å². The molecule has 0 heterocycles. The molecule has 32 heavy (non-hydrogen) atoms. The van der Waals surface area contributed by atoms with Gasteiger partial charge in [-0.1, -0.05) is 149 Å². The monoisotopic (exact) mass is 456 g/mol. The molecule has 0 fully saturated rings. The fourth-order valence-corrected chi connectivity index (χ4v) is 4.63. The third kappa shape index (κ3) is 23.1. The van der Waals surface area contributed by atoms with Crippen molar-refractivity contribution >= 4 is 0 Å². The standard InChI is InChI=1S/C29H60O3/c1-3-5-7-9-10-11-12-13-14-15-16-17-18-19-20-21-22-24-27(30)26-29(32)28(31)25-23-8-6-4-2/h27-32H,3-26H2,1-2H3/t27-,28+,29-/m0/s1. The van der Waals surface area contributed by atoms with Crippen LogP contribution in [0.1, 0.15) is 168 Å². The van der Waals surface area contributed by atoms with E-state index >= 15 is 0 Å². The molecule has 0 radical (unpaired) electrons. The Kier molecular flexibility index (Phi) is 25.4. The van der Waals surface area contributed by atoms with E-state index in [1.807, 2.05) is 0 Å². The van der Waals surface area contributed by atoms with Crippen LogP contribution in [0.5, 0.6) is 0 Å². The van der Waals surface area contributed by atoms with Gasteiger partial charge in [-0.25, -0.2) is 0 Å². The summed E-state index contributed by atoms with van der Waals surface area (Å²) in [5, 5.41) is 30.2. The van der Waals surface area contributed by atoms with Crippen molar-refractivity contribution in [1.29, 1.82) is 0 Å². The van der Waals surface area contributed by atoms with Crippen LogP contribution in [0.3, 0.4) is 0 Å². The second-order valence-corrected chi connectivity index (χ2v) is 10.3. The Labute approximate surface area is 201 Å². The second kappa shape index (κ2) is 25.5. The smallest absolute Gasteiger partial charge is 0.0823 e. The molecule has 0 amide bonds. The van der Waals surface area contributed by atoms with Crippen LogP contribution >= 0.6 is 0 Å². The lowest BCUT2D eigenvalue weighted by atomic mass is 9.98. The first-order valence-corrected chi connectivity index (χ1v) is 14.7. The maximum absolute atomic E-state index is 10.1. The van der Waals surface area contributed by atoms with Gasteiger partial charge in [0.2, 0.25) is 0 Å². The molecule has 0 spiro atoms. The number of hydrogen-bond donors (Lipinski definition) is 3. The maximum atomic E-state index is 10.1. The van der Waals surface area contributed by atoms with Gasteiger partial charge in [-0.05, 0) is 12.8 Å². The highest BCUT2D eigenvalue weighted by Crippen LogP contribution is 2.17. The van der Waals surface area contributed by atoms with E-state index in [2.05, 4.69) is 13.8 Å². The van der Waals surface area contributed by atoms with E-state index in [1.54, 1.807) is 0 Å². The summed E-state index contributed by atoms with van der Waals surface area (Å²) < 4.78 is 0. The van der Waals surface area contributed by atoms with Crippen molar-refractivity contribution in [3.8, 4) is 0 Å². The molecule has 0 aliphatic rings. The first-order chi connectivity index (χ1) is 15.6. The average Bonchev–Trinajstić information content (AvgIpc) is 2.78. The summed E-state index contributed by atoms with van der Waals surface area (Å²) in [5.41, 5.74) is 0. The van der Waals surface area contributed by atoms with E-state index in [0.29, 0.717) is 12.8 Å². The van der Waals surface area contributed by atoms with Crippen LogP contribution in [-0.4, -0.2) is 33.6 Å². The van der Waals surface area contributed by atoms with E-state index < -0.39 is 18.3 Å². The molecule has 0 saturated carbocycles. The Morgan fingerprint density at radius 2 is 0.688 bits per heavy atom. The third-order valence-electron chi connectivity index (χ3n) is 6.95. The minimum atomic E-state index is -0.780. The van der Waals surface area contributed by atoms with Gasteiger partial charge in [0.25, 0.3) is 0 Å². The Hall–Kier alpha value is -0.120. The van der Waals surface area contributed by atoms with Crippen molar-refractivity contribution in [3.63, 3.8) is 0 Å². The van der Waals surface area contributed by atoms with Gasteiger partial charge in [-0.2, -0.15) is 0 Å². The molecule has 3 nitrogen and oxygen atoms in total.